The molecule has 0 saturated carbocycles. The highest BCUT2D eigenvalue weighted by atomic mass is 19.1. The van der Waals surface area contributed by atoms with Crippen LogP contribution in [0.2, 0.25) is 0 Å². The number of methoxy groups -OCH3 is 1. The summed E-state index contributed by atoms with van der Waals surface area (Å²) in [5.74, 6) is -0.232. The summed E-state index contributed by atoms with van der Waals surface area (Å²) in [6.07, 6.45) is 2.05. The molecule has 1 aromatic rings. The molecule has 1 aliphatic rings. The van der Waals surface area contributed by atoms with Crippen LogP contribution in [0.4, 0.5) is 4.39 Å². The molecule has 0 radical (unpaired) electrons. The average molecular weight is 336 g/mol. The molecule has 0 spiro atoms. The zero-order valence-electron chi connectivity index (χ0n) is 14.3. The van der Waals surface area contributed by atoms with Crippen molar-refractivity contribution in [2.75, 3.05) is 20.2 Å². The Balaban J connectivity index is 1.93. The number of rotatable bonds is 6. The van der Waals surface area contributed by atoms with Gasteiger partial charge < -0.3 is 15.4 Å². The molecule has 2 N–H and O–H groups in total. The SMILES string of the molecule is COc1ccc(C(=O)CCC(=O)N2CCC(C)CC2CN)cc1F. The normalized spacial score (nSPS) is 20.8. The van der Waals surface area contributed by atoms with Gasteiger partial charge in [0.25, 0.3) is 0 Å². The van der Waals surface area contributed by atoms with Crippen LogP contribution >= 0.6 is 0 Å². The highest BCUT2D eigenvalue weighted by Crippen LogP contribution is 2.23. The third-order valence-corrected chi connectivity index (χ3v) is 4.61. The highest BCUT2D eigenvalue weighted by Gasteiger charge is 2.28. The lowest BCUT2D eigenvalue weighted by Crippen LogP contribution is -2.49. The fourth-order valence-corrected chi connectivity index (χ4v) is 3.15. The van der Waals surface area contributed by atoms with Crippen LogP contribution in [0.3, 0.4) is 0 Å². The first kappa shape index (κ1) is 18.4. The Hall–Kier alpha value is -1.95. The van der Waals surface area contributed by atoms with Gasteiger partial charge in [-0.2, -0.15) is 0 Å². The number of amides is 1. The Morgan fingerprint density at radius 2 is 2.12 bits per heavy atom. The van der Waals surface area contributed by atoms with E-state index in [4.69, 9.17) is 10.5 Å². The predicted molar refractivity (Wildman–Crippen MR) is 89.5 cm³/mol. The number of benzene rings is 1. The number of nitrogens with zero attached hydrogens (tertiary/aromatic N) is 1. The number of carbonyl (C=O) groups is 2. The minimum absolute atomic E-state index is 0.0507. The lowest BCUT2D eigenvalue weighted by molar-refractivity contribution is -0.135. The van der Waals surface area contributed by atoms with Crippen LogP contribution < -0.4 is 10.5 Å². The topological polar surface area (TPSA) is 72.6 Å². The summed E-state index contributed by atoms with van der Waals surface area (Å²) in [7, 11) is 1.37. The first-order valence-corrected chi connectivity index (χ1v) is 8.32. The van der Waals surface area contributed by atoms with Crippen LogP contribution in [0.15, 0.2) is 18.2 Å². The zero-order valence-corrected chi connectivity index (χ0v) is 14.3. The van der Waals surface area contributed by atoms with Crippen molar-refractivity contribution < 1.29 is 18.7 Å². The van der Waals surface area contributed by atoms with Crippen molar-refractivity contribution in [3.63, 3.8) is 0 Å². The van der Waals surface area contributed by atoms with Gasteiger partial charge >= 0.3 is 0 Å². The van der Waals surface area contributed by atoms with Gasteiger partial charge in [0.1, 0.15) is 0 Å². The molecule has 0 aromatic heterocycles. The standard InChI is InChI=1S/C18H25FN2O3/c1-12-7-8-21(14(9-12)11-20)18(23)6-4-16(22)13-3-5-17(24-2)15(19)10-13/h3,5,10,12,14H,4,6-9,11,20H2,1-2H3. The molecule has 1 amide bonds. The van der Waals surface area contributed by atoms with Gasteiger partial charge in [-0.3, -0.25) is 9.59 Å². The highest BCUT2D eigenvalue weighted by molar-refractivity contribution is 5.98. The lowest BCUT2D eigenvalue weighted by atomic mass is 9.92. The fraction of sp³-hybridized carbons (Fsp3) is 0.556. The van der Waals surface area contributed by atoms with E-state index in [1.165, 1.54) is 19.2 Å². The maximum absolute atomic E-state index is 13.7. The van der Waals surface area contributed by atoms with Crippen LogP contribution in [0, 0.1) is 11.7 Å². The van der Waals surface area contributed by atoms with Crippen LogP contribution in [0.1, 0.15) is 43.0 Å². The number of carbonyl (C=O) groups excluding carboxylic acids is 2. The minimum Gasteiger partial charge on any atom is -0.494 e. The molecule has 24 heavy (non-hydrogen) atoms. The van der Waals surface area contributed by atoms with Gasteiger partial charge in [-0.1, -0.05) is 6.92 Å². The maximum atomic E-state index is 13.7. The molecule has 1 aliphatic heterocycles. The number of piperidine rings is 1. The van der Waals surface area contributed by atoms with E-state index in [0.717, 1.165) is 18.9 Å². The summed E-state index contributed by atoms with van der Waals surface area (Å²) in [5.41, 5.74) is 6.02. The Kier molecular flexibility index (Phi) is 6.31. The molecule has 2 atom stereocenters. The largest absolute Gasteiger partial charge is 0.494 e. The fourth-order valence-electron chi connectivity index (χ4n) is 3.15. The second kappa shape index (κ2) is 8.24. The van der Waals surface area contributed by atoms with Crippen molar-refractivity contribution >= 4 is 11.7 Å². The first-order chi connectivity index (χ1) is 11.5. The molecule has 6 heteroatoms. The summed E-state index contributed by atoms with van der Waals surface area (Å²) in [6, 6.07) is 4.13. The Labute approximate surface area is 142 Å². The van der Waals surface area contributed by atoms with Crippen LogP contribution in [0.5, 0.6) is 5.75 Å². The summed E-state index contributed by atoms with van der Waals surface area (Å²) < 4.78 is 18.5. The second-order valence-corrected chi connectivity index (χ2v) is 6.38. The second-order valence-electron chi connectivity index (χ2n) is 6.38. The minimum atomic E-state index is -0.581. The summed E-state index contributed by atoms with van der Waals surface area (Å²) in [6.45, 7) is 3.28. The average Bonchev–Trinajstić information content (AvgIpc) is 2.59. The molecular weight excluding hydrogens is 311 g/mol. The van der Waals surface area contributed by atoms with Gasteiger partial charge in [-0.25, -0.2) is 4.39 Å². The van der Waals surface area contributed by atoms with E-state index in [1.54, 1.807) is 4.90 Å². The molecule has 0 bridgehead atoms. The molecule has 5 nitrogen and oxygen atoms in total. The quantitative estimate of drug-likeness (QED) is 0.810. The van der Waals surface area contributed by atoms with Crippen LogP contribution in [-0.4, -0.2) is 42.8 Å². The summed E-state index contributed by atoms with van der Waals surface area (Å²) in [5, 5.41) is 0. The molecule has 132 valence electrons. The van der Waals surface area contributed by atoms with Gasteiger partial charge in [-0.05, 0) is 37.0 Å². The number of ether oxygens (including phenoxy) is 1. The van der Waals surface area contributed by atoms with Crippen molar-refractivity contribution in [2.24, 2.45) is 11.7 Å². The molecule has 0 aliphatic carbocycles. The molecule has 1 saturated heterocycles. The third-order valence-electron chi connectivity index (χ3n) is 4.61. The van der Waals surface area contributed by atoms with Gasteiger partial charge in [0, 0.05) is 37.5 Å². The monoisotopic (exact) mass is 336 g/mol. The number of hydrogen-bond donors (Lipinski definition) is 1. The van der Waals surface area contributed by atoms with E-state index >= 15 is 0 Å². The van der Waals surface area contributed by atoms with E-state index in [-0.39, 0.29) is 41.9 Å². The van der Waals surface area contributed by atoms with E-state index in [2.05, 4.69) is 6.92 Å². The van der Waals surface area contributed by atoms with E-state index in [1.807, 2.05) is 0 Å². The van der Waals surface area contributed by atoms with E-state index in [0.29, 0.717) is 19.0 Å². The number of nitrogens with two attached hydrogens (primary N) is 1. The zero-order chi connectivity index (χ0) is 17.7. The van der Waals surface area contributed by atoms with Crippen molar-refractivity contribution in [3.8, 4) is 5.75 Å². The molecular formula is C18H25FN2O3. The molecule has 1 heterocycles. The van der Waals surface area contributed by atoms with Crippen LogP contribution in [0.25, 0.3) is 0 Å². The van der Waals surface area contributed by atoms with Gasteiger partial charge in [0.2, 0.25) is 5.91 Å². The van der Waals surface area contributed by atoms with Gasteiger partial charge in [-0.15, -0.1) is 0 Å². The Morgan fingerprint density at radius 3 is 2.75 bits per heavy atom. The molecule has 1 aromatic carbocycles. The summed E-state index contributed by atoms with van der Waals surface area (Å²) in [4.78, 5) is 26.4. The van der Waals surface area contributed by atoms with Crippen molar-refractivity contribution in [3.05, 3.63) is 29.6 Å². The molecule has 1 fully saturated rings. The number of Topliss-reactive ketones (excluding diaryl/α,β-unsaturated/α-hetero) is 1. The van der Waals surface area contributed by atoms with Crippen LogP contribution in [-0.2, 0) is 4.79 Å². The number of likely N-dealkylation sites (tertiary alicyclic amines) is 1. The number of hydrogen-bond acceptors (Lipinski definition) is 4. The molecule has 2 rings (SSSR count). The number of halogens is 1. The third kappa shape index (κ3) is 4.32. The van der Waals surface area contributed by atoms with Gasteiger partial charge in [0.15, 0.2) is 17.3 Å². The van der Waals surface area contributed by atoms with E-state index in [9.17, 15) is 14.0 Å². The van der Waals surface area contributed by atoms with Gasteiger partial charge in [0.05, 0.1) is 7.11 Å². The Bertz CT molecular complexity index is 606. The summed E-state index contributed by atoms with van der Waals surface area (Å²) >= 11 is 0. The Morgan fingerprint density at radius 1 is 1.38 bits per heavy atom. The lowest BCUT2D eigenvalue weighted by Gasteiger charge is -2.38. The maximum Gasteiger partial charge on any atom is 0.223 e. The van der Waals surface area contributed by atoms with Crippen molar-refractivity contribution in [2.45, 2.75) is 38.6 Å². The van der Waals surface area contributed by atoms with Crippen molar-refractivity contribution in [1.82, 2.24) is 4.90 Å². The smallest absolute Gasteiger partial charge is 0.223 e. The van der Waals surface area contributed by atoms with Crippen molar-refractivity contribution in [1.29, 1.82) is 0 Å². The molecule has 2 unspecified atom stereocenters. The van der Waals surface area contributed by atoms with E-state index < -0.39 is 5.82 Å². The first-order valence-electron chi connectivity index (χ1n) is 8.32. The number of ketones is 1. The predicted octanol–water partition coefficient (Wildman–Crippen LogP) is 2.38.